The van der Waals surface area contributed by atoms with Gasteiger partial charge in [0.2, 0.25) is 0 Å². The molecule has 0 aliphatic heterocycles. The summed E-state index contributed by atoms with van der Waals surface area (Å²) in [6.45, 7) is 6.93. The Balaban J connectivity index is 4.06. The van der Waals surface area contributed by atoms with Crippen LogP contribution in [0.2, 0.25) is 0 Å². The van der Waals surface area contributed by atoms with Crippen LogP contribution in [0.25, 0.3) is 0 Å². The lowest BCUT2D eigenvalue weighted by Crippen LogP contribution is -2.46. The largest absolute Gasteiger partial charge is 0.396 e. The molecule has 0 heterocycles. The third-order valence-electron chi connectivity index (χ3n) is 2.66. The van der Waals surface area contributed by atoms with Crippen molar-refractivity contribution >= 4 is 0 Å². The standard InChI is InChI=1S/C10H20N2O/c1-4-9(2)10(3,8-11)12-6-5-7-13/h9,12-13H,4-7H2,1-3H3. The summed E-state index contributed by atoms with van der Waals surface area (Å²) in [4.78, 5) is 0. The second-order valence-electron chi connectivity index (χ2n) is 3.63. The molecule has 0 spiro atoms. The second-order valence-corrected chi connectivity index (χ2v) is 3.63. The zero-order chi connectivity index (χ0) is 10.3. The van der Waals surface area contributed by atoms with Crippen molar-refractivity contribution in [3.8, 4) is 6.07 Å². The molecule has 3 nitrogen and oxygen atoms in total. The van der Waals surface area contributed by atoms with Gasteiger partial charge in [0, 0.05) is 6.61 Å². The highest BCUT2D eigenvalue weighted by Gasteiger charge is 2.28. The van der Waals surface area contributed by atoms with Gasteiger partial charge in [0.15, 0.2) is 0 Å². The maximum atomic E-state index is 9.01. The Morgan fingerprint density at radius 1 is 1.62 bits per heavy atom. The molecule has 0 saturated carbocycles. The third-order valence-corrected chi connectivity index (χ3v) is 2.66. The van der Waals surface area contributed by atoms with Crippen LogP contribution in [0.3, 0.4) is 0 Å². The fraction of sp³-hybridized carbons (Fsp3) is 0.900. The summed E-state index contributed by atoms with van der Waals surface area (Å²) in [5, 5.41) is 20.8. The first-order valence-electron chi connectivity index (χ1n) is 4.87. The van der Waals surface area contributed by atoms with Gasteiger partial charge in [0.05, 0.1) is 6.07 Å². The predicted octanol–water partition coefficient (Wildman–Crippen LogP) is 1.29. The number of nitrogens with one attached hydrogen (secondary N) is 1. The average Bonchev–Trinajstić information content (AvgIpc) is 2.16. The van der Waals surface area contributed by atoms with E-state index in [1.807, 2.05) is 6.92 Å². The molecule has 2 N–H and O–H groups in total. The van der Waals surface area contributed by atoms with E-state index >= 15 is 0 Å². The van der Waals surface area contributed by atoms with E-state index in [0.717, 1.165) is 6.42 Å². The number of aliphatic hydroxyl groups is 1. The van der Waals surface area contributed by atoms with E-state index in [9.17, 15) is 0 Å². The van der Waals surface area contributed by atoms with E-state index in [0.29, 0.717) is 18.9 Å². The number of hydrogen-bond acceptors (Lipinski definition) is 3. The number of nitriles is 1. The van der Waals surface area contributed by atoms with Crippen LogP contribution >= 0.6 is 0 Å². The zero-order valence-corrected chi connectivity index (χ0v) is 8.80. The minimum Gasteiger partial charge on any atom is -0.396 e. The topological polar surface area (TPSA) is 56.0 Å². The summed E-state index contributed by atoms with van der Waals surface area (Å²) >= 11 is 0. The van der Waals surface area contributed by atoms with E-state index in [1.165, 1.54) is 0 Å². The molecule has 0 aromatic carbocycles. The van der Waals surface area contributed by atoms with Gasteiger partial charge in [-0.25, -0.2) is 0 Å². The normalized spacial score (nSPS) is 17.5. The predicted molar refractivity (Wildman–Crippen MR) is 53.2 cm³/mol. The van der Waals surface area contributed by atoms with Crippen LogP contribution < -0.4 is 5.32 Å². The Hall–Kier alpha value is -0.590. The van der Waals surface area contributed by atoms with Gasteiger partial charge in [-0.05, 0) is 25.8 Å². The van der Waals surface area contributed by atoms with Crippen LogP contribution in [-0.4, -0.2) is 23.8 Å². The molecular formula is C10H20N2O. The first-order chi connectivity index (χ1) is 6.10. The monoisotopic (exact) mass is 184 g/mol. The minimum absolute atomic E-state index is 0.176. The first kappa shape index (κ1) is 12.4. The quantitative estimate of drug-likeness (QED) is 0.611. The highest BCUT2D eigenvalue weighted by atomic mass is 16.3. The van der Waals surface area contributed by atoms with Crippen LogP contribution in [0, 0.1) is 17.2 Å². The summed E-state index contributed by atoms with van der Waals surface area (Å²) < 4.78 is 0. The lowest BCUT2D eigenvalue weighted by molar-refractivity contribution is 0.262. The van der Waals surface area contributed by atoms with E-state index in [1.54, 1.807) is 0 Å². The van der Waals surface area contributed by atoms with Crippen molar-refractivity contribution in [2.45, 2.75) is 39.2 Å². The zero-order valence-electron chi connectivity index (χ0n) is 8.80. The van der Waals surface area contributed by atoms with E-state index in [4.69, 9.17) is 10.4 Å². The van der Waals surface area contributed by atoms with Crippen LogP contribution in [0.5, 0.6) is 0 Å². The van der Waals surface area contributed by atoms with Crippen molar-refractivity contribution in [1.29, 1.82) is 5.26 Å². The van der Waals surface area contributed by atoms with Gasteiger partial charge in [-0.2, -0.15) is 5.26 Å². The maximum absolute atomic E-state index is 9.01. The molecule has 2 atom stereocenters. The molecule has 2 unspecified atom stereocenters. The summed E-state index contributed by atoms with van der Waals surface area (Å²) in [7, 11) is 0. The number of hydrogen-bond donors (Lipinski definition) is 2. The molecule has 0 aliphatic rings. The van der Waals surface area contributed by atoms with Crippen molar-refractivity contribution in [3.05, 3.63) is 0 Å². The molecule has 3 heteroatoms. The fourth-order valence-corrected chi connectivity index (χ4v) is 1.16. The van der Waals surface area contributed by atoms with Crippen molar-refractivity contribution in [2.75, 3.05) is 13.2 Å². The van der Waals surface area contributed by atoms with Crippen molar-refractivity contribution in [3.63, 3.8) is 0 Å². The molecule has 0 bridgehead atoms. The molecule has 0 fully saturated rings. The summed E-state index contributed by atoms with van der Waals surface area (Å²) in [5.74, 6) is 0.330. The minimum atomic E-state index is -0.454. The molecular weight excluding hydrogens is 164 g/mol. The average molecular weight is 184 g/mol. The Morgan fingerprint density at radius 2 is 2.23 bits per heavy atom. The van der Waals surface area contributed by atoms with Crippen LogP contribution in [0.1, 0.15) is 33.6 Å². The Labute approximate surface area is 80.8 Å². The second kappa shape index (κ2) is 5.95. The van der Waals surface area contributed by atoms with Gasteiger partial charge in [-0.3, -0.25) is 5.32 Å². The summed E-state index contributed by atoms with van der Waals surface area (Å²) in [5.41, 5.74) is -0.454. The molecule has 0 amide bonds. The molecule has 0 aliphatic carbocycles. The van der Waals surface area contributed by atoms with Crippen LogP contribution in [-0.2, 0) is 0 Å². The van der Waals surface area contributed by atoms with Crippen molar-refractivity contribution in [2.24, 2.45) is 5.92 Å². The Kier molecular flexibility index (Phi) is 5.68. The lowest BCUT2D eigenvalue weighted by atomic mass is 9.86. The maximum Gasteiger partial charge on any atom is 0.106 e. The van der Waals surface area contributed by atoms with E-state index < -0.39 is 5.54 Å². The van der Waals surface area contributed by atoms with Gasteiger partial charge >= 0.3 is 0 Å². The van der Waals surface area contributed by atoms with Gasteiger partial charge in [-0.1, -0.05) is 20.3 Å². The number of aliphatic hydroxyl groups excluding tert-OH is 1. The van der Waals surface area contributed by atoms with E-state index in [-0.39, 0.29) is 6.61 Å². The van der Waals surface area contributed by atoms with Gasteiger partial charge in [0.1, 0.15) is 5.54 Å². The summed E-state index contributed by atoms with van der Waals surface area (Å²) in [6.07, 6.45) is 1.68. The van der Waals surface area contributed by atoms with Crippen LogP contribution in [0.4, 0.5) is 0 Å². The Morgan fingerprint density at radius 3 is 2.62 bits per heavy atom. The third kappa shape index (κ3) is 3.75. The molecule has 13 heavy (non-hydrogen) atoms. The lowest BCUT2D eigenvalue weighted by Gasteiger charge is -2.29. The number of nitrogens with zero attached hydrogens (tertiary/aromatic N) is 1. The van der Waals surface area contributed by atoms with Gasteiger partial charge < -0.3 is 5.11 Å². The highest BCUT2D eigenvalue weighted by molar-refractivity contribution is 5.06. The summed E-state index contributed by atoms with van der Waals surface area (Å²) in [6, 6.07) is 2.30. The Bertz CT molecular complexity index is 176. The molecule has 0 saturated heterocycles. The van der Waals surface area contributed by atoms with Crippen molar-refractivity contribution < 1.29 is 5.11 Å². The molecule has 0 rings (SSSR count). The van der Waals surface area contributed by atoms with Crippen molar-refractivity contribution in [1.82, 2.24) is 5.32 Å². The van der Waals surface area contributed by atoms with E-state index in [2.05, 4.69) is 25.2 Å². The van der Waals surface area contributed by atoms with Gasteiger partial charge in [0.25, 0.3) is 0 Å². The molecule has 0 radical (unpaired) electrons. The molecule has 0 aromatic heterocycles. The molecule has 76 valence electrons. The smallest absolute Gasteiger partial charge is 0.106 e. The van der Waals surface area contributed by atoms with Crippen LogP contribution in [0.15, 0.2) is 0 Å². The van der Waals surface area contributed by atoms with Gasteiger partial charge in [-0.15, -0.1) is 0 Å². The fourth-order valence-electron chi connectivity index (χ4n) is 1.16. The highest BCUT2D eigenvalue weighted by Crippen LogP contribution is 2.18. The number of rotatable bonds is 6. The SMILES string of the molecule is CCC(C)C(C)(C#N)NCCCO. The molecule has 0 aromatic rings. The first-order valence-corrected chi connectivity index (χ1v) is 4.87.